The third-order valence-electron chi connectivity index (χ3n) is 2.58. The number of urea groups is 1. The fraction of sp³-hybridized carbons (Fsp3) is 0.429. The lowest BCUT2D eigenvalue weighted by Gasteiger charge is -2.22. The predicted octanol–water partition coefficient (Wildman–Crippen LogP) is 1.79. The Morgan fingerprint density at radius 1 is 1.22 bits per heavy atom. The van der Waals surface area contributed by atoms with Gasteiger partial charge in [-0.3, -0.25) is 0 Å². The van der Waals surface area contributed by atoms with Gasteiger partial charge in [0.1, 0.15) is 0 Å². The minimum Gasteiger partial charge on any atom is -0.341 e. The van der Waals surface area contributed by atoms with E-state index in [1.165, 1.54) is 0 Å². The summed E-state index contributed by atoms with van der Waals surface area (Å²) in [5, 5.41) is 2.67. The van der Waals surface area contributed by atoms with Crippen molar-refractivity contribution in [3.63, 3.8) is 0 Å². The van der Waals surface area contributed by atoms with Crippen molar-refractivity contribution >= 4 is 6.03 Å². The fourth-order valence-corrected chi connectivity index (χ4v) is 1.64. The highest BCUT2D eigenvalue weighted by Crippen LogP contribution is 2.07. The molecule has 0 aliphatic heterocycles. The first kappa shape index (κ1) is 14.5. The van der Waals surface area contributed by atoms with Crippen LogP contribution in [0.25, 0.3) is 0 Å². The van der Waals surface area contributed by atoms with Gasteiger partial charge < -0.3 is 15.1 Å². The number of hydrogen-bond donors (Lipinski definition) is 1. The van der Waals surface area contributed by atoms with Crippen LogP contribution in [0.5, 0.6) is 0 Å². The van der Waals surface area contributed by atoms with Crippen LogP contribution < -0.4 is 5.32 Å². The Kier molecular flexibility index (Phi) is 6.22. The Morgan fingerprint density at radius 2 is 1.89 bits per heavy atom. The zero-order chi connectivity index (χ0) is 13.4. The Morgan fingerprint density at radius 3 is 2.44 bits per heavy atom. The molecule has 1 radical (unpaired) electrons. The normalized spacial score (nSPS) is 10.4. The number of carbonyl (C=O) groups is 1. The van der Waals surface area contributed by atoms with E-state index in [1.54, 1.807) is 11.9 Å². The highest BCUT2D eigenvalue weighted by Gasteiger charge is 2.12. The number of carbonyl (C=O) groups excluding carboxylic acids is 1. The minimum absolute atomic E-state index is 0.0717. The summed E-state index contributed by atoms with van der Waals surface area (Å²) in [7, 11) is 5.72. The van der Waals surface area contributed by atoms with Crippen LogP contribution >= 0.6 is 0 Å². The lowest BCUT2D eigenvalue weighted by atomic mass is 10.2. The van der Waals surface area contributed by atoms with Crippen molar-refractivity contribution in [1.82, 2.24) is 15.1 Å². The number of hydrogen-bond acceptors (Lipinski definition) is 2. The molecule has 0 spiro atoms. The van der Waals surface area contributed by atoms with Gasteiger partial charge in [0.15, 0.2) is 0 Å². The van der Waals surface area contributed by atoms with Gasteiger partial charge in [-0.2, -0.15) is 0 Å². The highest BCUT2D eigenvalue weighted by molar-refractivity contribution is 5.75. The summed E-state index contributed by atoms with van der Waals surface area (Å²) in [4.78, 5) is 15.6. The maximum absolute atomic E-state index is 11.8. The van der Waals surface area contributed by atoms with Crippen molar-refractivity contribution in [3.05, 3.63) is 42.4 Å². The van der Waals surface area contributed by atoms with E-state index >= 15 is 0 Å². The number of amides is 2. The molecule has 1 N–H and O–H groups in total. The summed E-state index contributed by atoms with van der Waals surface area (Å²) in [5.74, 6) is 0. The number of benzene rings is 1. The highest BCUT2D eigenvalue weighted by atomic mass is 16.2. The molecule has 0 aliphatic carbocycles. The molecule has 0 bridgehead atoms. The molecule has 0 saturated heterocycles. The molecule has 0 saturated carbocycles. The Bertz CT molecular complexity index is 351. The molecule has 0 atom stereocenters. The second kappa shape index (κ2) is 7.71. The largest absolute Gasteiger partial charge is 0.341 e. The van der Waals surface area contributed by atoms with Crippen LogP contribution in [0, 0.1) is 6.54 Å². The molecule has 2 amide bonds. The lowest BCUT2D eigenvalue weighted by molar-refractivity contribution is 0.210. The molecule has 18 heavy (non-hydrogen) atoms. The van der Waals surface area contributed by atoms with Gasteiger partial charge in [0, 0.05) is 13.6 Å². The van der Waals surface area contributed by atoms with E-state index in [-0.39, 0.29) is 6.03 Å². The van der Waals surface area contributed by atoms with Crippen LogP contribution in [0.1, 0.15) is 12.0 Å². The summed E-state index contributed by atoms with van der Waals surface area (Å²) in [6.45, 7) is 3.57. The van der Waals surface area contributed by atoms with Crippen molar-refractivity contribution in [2.24, 2.45) is 0 Å². The average Bonchev–Trinajstić information content (AvgIpc) is 2.37. The number of nitrogens with zero attached hydrogens (tertiary/aromatic N) is 2. The van der Waals surface area contributed by atoms with Crippen LogP contribution in [0.15, 0.2) is 30.3 Å². The van der Waals surface area contributed by atoms with Crippen LogP contribution in [0.3, 0.4) is 0 Å². The second-order valence-electron chi connectivity index (χ2n) is 4.45. The molecule has 4 nitrogen and oxygen atoms in total. The fourth-order valence-electron chi connectivity index (χ4n) is 1.64. The molecule has 0 aromatic heterocycles. The molecule has 0 aliphatic rings. The molecule has 1 aromatic rings. The smallest absolute Gasteiger partial charge is 0.317 e. The summed E-state index contributed by atoms with van der Waals surface area (Å²) in [5.41, 5.74) is 1.03. The maximum atomic E-state index is 11.8. The lowest BCUT2D eigenvalue weighted by Crippen LogP contribution is -2.37. The number of nitrogens with one attached hydrogen (secondary N) is 1. The van der Waals surface area contributed by atoms with Crippen molar-refractivity contribution in [2.45, 2.75) is 6.42 Å². The van der Waals surface area contributed by atoms with E-state index < -0.39 is 0 Å². The molecular formula is C14H22N3O. The Hall–Kier alpha value is -1.55. The summed E-state index contributed by atoms with van der Waals surface area (Å²) >= 11 is 0. The molecular weight excluding hydrogens is 226 g/mol. The Balaban J connectivity index is 2.53. The van der Waals surface area contributed by atoms with Crippen molar-refractivity contribution in [1.29, 1.82) is 0 Å². The van der Waals surface area contributed by atoms with E-state index in [0.717, 1.165) is 18.5 Å². The standard InChI is InChI=1S/C14H22N3O/c1-15-14(18)17(11-7-10-16(2)3)12-13-8-5-4-6-9-13/h4-6,8-9,12H,7,10-11H2,1-3H3,(H,15,18). The van der Waals surface area contributed by atoms with Gasteiger partial charge in [-0.15, -0.1) is 0 Å². The average molecular weight is 248 g/mol. The zero-order valence-electron chi connectivity index (χ0n) is 11.4. The van der Waals surface area contributed by atoms with Gasteiger partial charge in [-0.1, -0.05) is 30.3 Å². The first-order chi connectivity index (χ1) is 8.63. The van der Waals surface area contributed by atoms with E-state index in [2.05, 4.69) is 10.2 Å². The molecule has 1 rings (SSSR count). The number of rotatable bonds is 6. The van der Waals surface area contributed by atoms with Gasteiger partial charge in [0.2, 0.25) is 0 Å². The molecule has 1 aromatic carbocycles. The maximum Gasteiger partial charge on any atom is 0.317 e. The second-order valence-corrected chi connectivity index (χ2v) is 4.45. The van der Waals surface area contributed by atoms with Crippen LogP contribution in [0.4, 0.5) is 4.79 Å². The summed E-state index contributed by atoms with van der Waals surface area (Å²) < 4.78 is 0. The third kappa shape index (κ3) is 5.19. The Labute approximate surface area is 110 Å². The molecule has 0 unspecified atom stereocenters. The van der Waals surface area contributed by atoms with Gasteiger partial charge in [0.05, 0.1) is 6.54 Å². The van der Waals surface area contributed by atoms with Gasteiger partial charge >= 0.3 is 6.03 Å². The minimum atomic E-state index is -0.0717. The first-order valence-corrected chi connectivity index (χ1v) is 6.16. The van der Waals surface area contributed by atoms with Crippen LogP contribution in [-0.4, -0.2) is 50.1 Å². The van der Waals surface area contributed by atoms with E-state index in [0.29, 0.717) is 6.54 Å². The van der Waals surface area contributed by atoms with Gasteiger partial charge in [-0.05, 0) is 32.6 Å². The molecule has 99 valence electrons. The third-order valence-corrected chi connectivity index (χ3v) is 2.58. The molecule has 4 heteroatoms. The van der Waals surface area contributed by atoms with Crippen LogP contribution in [-0.2, 0) is 0 Å². The van der Waals surface area contributed by atoms with E-state index in [4.69, 9.17) is 0 Å². The first-order valence-electron chi connectivity index (χ1n) is 6.16. The van der Waals surface area contributed by atoms with E-state index in [1.807, 2.05) is 51.0 Å². The van der Waals surface area contributed by atoms with Gasteiger partial charge in [-0.25, -0.2) is 4.79 Å². The van der Waals surface area contributed by atoms with E-state index in [9.17, 15) is 4.79 Å². The van der Waals surface area contributed by atoms with Crippen LogP contribution in [0.2, 0.25) is 0 Å². The quantitative estimate of drug-likeness (QED) is 0.833. The topological polar surface area (TPSA) is 35.6 Å². The van der Waals surface area contributed by atoms with Crippen molar-refractivity contribution in [3.8, 4) is 0 Å². The zero-order valence-corrected chi connectivity index (χ0v) is 11.4. The SMILES string of the molecule is CNC(=O)N([CH]c1ccccc1)CCCN(C)C. The summed E-state index contributed by atoms with van der Waals surface area (Å²) in [6, 6.07) is 9.80. The summed E-state index contributed by atoms with van der Waals surface area (Å²) in [6.07, 6.45) is 0.948. The molecule has 0 fully saturated rings. The van der Waals surface area contributed by atoms with Crippen molar-refractivity contribution in [2.75, 3.05) is 34.2 Å². The monoisotopic (exact) mass is 248 g/mol. The van der Waals surface area contributed by atoms with Gasteiger partial charge in [0.25, 0.3) is 0 Å². The predicted molar refractivity (Wildman–Crippen MR) is 74.2 cm³/mol. The van der Waals surface area contributed by atoms with Crippen molar-refractivity contribution < 1.29 is 4.79 Å². The molecule has 0 heterocycles.